The molecule has 1 N–H and O–H groups in total. The Morgan fingerprint density at radius 1 is 1.11 bits per heavy atom. The van der Waals surface area contributed by atoms with Gasteiger partial charge in [0.05, 0.1) is 6.61 Å². The molecule has 1 saturated heterocycles. The Morgan fingerprint density at radius 3 is 2.33 bits per heavy atom. The first kappa shape index (κ1) is 15.3. The van der Waals surface area contributed by atoms with Gasteiger partial charge in [0.15, 0.2) is 0 Å². The minimum atomic E-state index is 0. The third-order valence-electron chi connectivity index (χ3n) is 3.45. The van der Waals surface area contributed by atoms with Crippen LogP contribution in [0.1, 0.15) is 30.4 Å². The van der Waals surface area contributed by atoms with Crippen molar-refractivity contribution in [1.82, 2.24) is 5.32 Å². The lowest BCUT2D eigenvalue weighted by atomic mass is 9.95. The van der Waals surface area contributed by atoms with E-state index in [0.717, 1.165) is 18.3 Å². The van der Waals surface area contributed by atoms with E-state index in [2.05, 4.69) is 37.4 Å². The van der Waals surface area contributed by atoms with Gasteiger partial charge in [-0.3, -0.25) is 0 Å². The normalized spacial score (nSPS) is 16.1. The molecule has 3 heteroatoms. The van der Waals surface area contributed by atoms with Gasteiger partial charge in [-0.1, -0.05) is 6.07 Å². The second kappa shape index (κ2) is 7.65. The largest absolute Gasteiger partial charge is 0.494 e. The summed E-state index contributed by atoms with van der Waals surface area (Å²) in [4.78, 5) is 0. The van der Waals surface area contributed by atoms with E-state index in [-0.39, 0.29) is 12.4 Å². The zero-order chi connectivity index (χ0) is 12.1. The Morgan fingerprint density at radius 2 is 1.72 bits per heavy atom. The van der Waals surface area contributed by atoms with Crippen molar-refractivity contribution in [3.8, 4) is 5.75 Å². The average molecular weight is 270 g/mol. The van der Waals surface area contributed by atoms with Crippen LogP contribution in [0.3, 0.4) is 0 Å². The first-order valence-corrected chi connectivity index (χ1v) is 6.66. The topological polar surface area (TPSA) is 21.3 Å². The van der Waals surface area contributed by atoms with Crippen molar-refractivity contribution in [2.75, 3.05) is 19.7 Å². The number of rotatable bonds is 4. The Balaban J connectivity index is 0.00000162. The lowest BCUT2D eigenvalue weighted by molar-refractivity contribution is 0.251. The van der Waals surface area contributed by atoms with Crippen molar-refractivity contribution in [2.45, 2.75) is 33.1 Å². The van der Waals surface area contributed by atoms with E-state index in [1.807, 2.05) is 0 Å². The van der Waals surface area contributed by atoms with Gasteiger partial charge in [0, 0.05) is 0 Å². The molecule has 0 spiro atoms. The fourth-order valence-electron chi connectivity index (χ4n) is 2.53. The summed E-state index contributed by atoms with van der Waals surface area (Å²) in [6.07, 6.45) is 3.79. The third-order valence-corrected chi connectivity index (χ3v) is 3.45. The Kier molecular flexibility index (Phi) is 6.51. The highest BCUT2D eigenvalue weighted by Gasteiger charge is 2.12. The highest BCUT2D eigenvalue weighted by molar-refractivity contribution is 5.85. The second-order valence-electron chi connectivity index (χ2n) is 5.15. The van der Waals surface area contributed by atoms with E-state index in [1.54, 1.807) is 0 Å². The summed E-state index contributed by atoms with van der Waals surface area (Å²) >= 11 is 0. The average Bonchev–Trinajstić information content (AvgIpc) is 2.29. The van der Waals surface area contributed by atoms with E-state index < -0.39 is 0 Å². The van der Waals surface area contributed by atoms with Crippen LogP contribution < -0.4 is 10.1 Å². The summed E-state index contributed by atoms with van der Waals surface area (Å²) in [6.45, 7) is 7.44. The monoisotopic (exact) mass is 269 g/mol. The Labute approximate surface area is 117 Å². The van der Waals surface area contributed by atoms with Gasteiger partial charge in [0.2, 0.25) is 0 Å². The fraction of sp³-hybridized carbons (Fsp3) is 0.600. The second-order valence-corrected chi connectivity index (χ2v) is 5.15. The molecule has 2 rings (SSSR count). The molecule has 0 unspecified atom stereocenters. The smallest absolute Gasteiger partial charge is 0.119 e. The summed E-state index contributed by atoms with van der Waals surface area (Å²) in [5.74, 6) is 1.87. The van der Waals surface area contributed by atoms with Gasteiger partial charge < -0.3 is 10.1 Å². The molecule has 18 heavy (non-hydrogen) atoms. The molecular weight excluding hydrogens is 246 g/mol. The van der Waals surface area contributed by atoms with Crippen LogP contribution in [-0.4, -0.2) is 19.7 Å². The summed E-state index contributed by atoms with van der Waals surface area (Å²) in [5, 5.41) is 3.40. The third kappa shape index (κ3) is 4.87. The summed E-state index contributed by atoms with van der Waals surface area (Å²) in [7, 11) is 0. The Bertz CT molecular complexity index is 341. The van der Waals surface area contributed by atoms with Gasteiger partial charge in [0.25, 0.3) is 0 Å². The standard InChI is InChI=1S/C15H23NO.ClH/c1-12-9-13(2)11-15(10-12)17-8-5-14-3-6-16-7-4-14;/h9-11,14,16H,3-8H2,1-2H3;1H. The number of ether oxygens (including phenoxy) is 1. The van der Waals surface area contributed by atoms with Crippen LogP contribution in [0.5, 0.6) is 5.75 Å². The lowest BCUT2D eigenvalue weighted by Crippen LogP contribution is -2.28. The Hall–Kier alpha value is -0.730. The number of benzene rings is 1. The summed E-state index contributed by atoms with van der Waals surface area (Å²) in [5.41, 5.74) is 2.56. The molecule has 0 amide bonds. The minimum Gasteiger partial charge on any atom is -0.494 e. The number of aryl methyl sites for hydroxylation is 2. The molecule has 102 valence electrons. The quantitative estimate of drug-likeness (QED) is 0.903. The van der Waals surface area contributed by atoms with Gasteiger partial charge in [-0.15, -0.1) is 12.4 Å². The summed E-state index contributed by atoms with van der Waals surface area (Å²) in [6, 6.07) is 6.42. The molecule has 1 aromatic carbocycles. The van der Waals surface area contributed by atoms with E-state index in [4.69, 9.17) is 4.74 Å². The predicted molar refractivity (Wildman–Crippen MR) is 78.9 cm³/mol. The van der Waals surface area contributed by atoms with E-state index >= 15 is 0 Å². The molecule has 0 radical (unpaired) electrons. The van der Waals surface area contributed by atoms with E-state index in [0.29, 0.717) is 0 Å². The molecule has 1 aliphatic heterocycles. The highest BCUT2D eigenvalue weighted by Crippen LogP contribution is 2.19. The van der Waals surface area contributed by atoms with Crippen LogP contribution in [-0.2, 0) is 0 Å². The molecule has 0 aromatic heterocycles. The minimum absolute atomic E-state index is 0. The number of hydrogen-bond donors (Lipinski definition) is 1. The number of halogens is 1. The molecule has 1 fully saturated rings. The van der Waals surface area contributed by atoms with Crippen LogP contribution in [0.15, 0.2) is 18.2 Å². The first-order chi connectivity index (χ1) is 8.24. The molecule has 0 saturated carbocycles. The predicted octanol–water partition coefficient (Wildman–Crippen LogP) is 3.49. The van der Waals surface area contributed by atoms with Crippen molar-refractivity contribution < 1.29 is 4.74 Å². The van der Waals surface area contributed by atoms with Gasteiger partial charge in [-0.2, -0.15) is 0 Å². The lowest BCUT2D eigenvalue weighted by Gasteiger charge is -2.22. The van der Waals surface area contributed by atoms with Crippen LogP contribution in [0.2, 0.25) is 0 Å². The van der Waals surface area contributed by atoms with Crippen LogP contribution in [0.4, 0.5) is 0 Å². The van der Waals surface area contributed by atoms with E-state index in [9.17, 15) is 0 Å². The number of nitrogens with one attached hydrogen (secondary N) is 1. The number of hydrogen-bond acceptors (Lipinski definition) is 2. The van der Waals surface area contributed by atoms with Crippen LogP contribution >= 0.6 is 12.4 Å². The molecule has 2 nitrogen and oxygen atoms in total. The van der Waals surface area contributed by atoms with Gasteiger partial charge >= 0.3 is 0 Å². The van der Waals surface area contributed by atoms with Crippen molar-refractivity contribution in [3.05, 3.63) is 29.3 Å². The van der Waals surface area contributed by atoms with Crippen molar-refractivity contribution in [2.24, 2.45) is 5.92 Å². The molecular formula is C15H24ClNO. The molecule has 0 bridgehead atoms. The van der Waals surface area contributed by atoms with Gasteiger partial charge in [-0.05, 0) is 75.4 Å². The molecule has 0 aliphatic carbocycles. The maximum atomic E-state index is 5.85. The first-order valence-electron chi connectivity index (χ1n) is 6.66. The summed E-state index contributed by atoms with van der Waals surface area (Å²) < 4.78 is 5.85. The maximum absolute atomic E-state index is 5.85. The van der Waals surface area contributed by atoms with Gasteiger partial charge in [0.1, 0.15) is 5.75 Å². The highest BCUT2D eigenvalue weighted by atomic mass is 35.5. The van der Waals surface area contributed by atoms with Gasteiger partial charge in [-0.25, -0.2) is 0 Å². The van der Waals surface area contributed by atoms with Crippen molar-refractivity contribution in [3.63, 3.8) is 0 Å². The maximum Gasteiger partial charge on any atom is 0.119 e. The SMILES string of the molecule is Cc1cc(C)cc(OCCC2CCNCC2)c1.Cl. The molecule has 1 heterocycles. The van der Waals surface area contributed by atoms with Crippen molar-refractivity contribution in [1.29, 1.82) is 0 Å². The fourth-order valence-corrected chi connectivity index (χ4v) is 2.53. The number of piperidine rings is 1. The molecule has 1 aliphatic rings. The van der Waals surface area contributed by atoms with Crippen LogP contribution in [0, 0.1) is 19.8 Å². The molecule has 1 aromatic rings. The molecule has 0 atom stereocenters. The zero-order valence-corrected chi connectivity index (χ0v) is 12.2. The zero-order valence-electron chi connectivity index (χ0n) is 11.4. The van der Waals surface area contributed by atoms with E-state index in [1.165, 1.54) is 43.5 Å². The van der Waals surface area contributed by atoms with Crippen LogP contribution in [0.25, 0.3) is 0 Å². The van der Waals surface area contributed by atoms with Crippen molar-refractivity contribution >= 4 is 12.4 Å².